The topological polar surface area (TPSA) is 201 Å². The first-order valence-electron chi connectivity index (χ1n) is 9.69. The summed E-state index contributed by atoms with van der Waals surface area (Å²) in [6.07, 6.45) is 0. The molecule has 5 aromatic rings. The molecule has 0 atom stereocenters. The van der Waals surface area contributed by atoms with E-state index in [1.165, 1.54) is 12.1 Å². The number of fused-ring (bicyclic) bond motifs is 2. The van der Waals surface area contributed by atoms with Crippen LogP contribution in [0.2, 0.25) is 0 Å². The van der Waals surface area contributed by atoms with E-state index >= 15 is 0 Å². The molecule has 0 aliphatic rings. The van der Waals surface area contributed by atoms with Crippen LogP contribution >= 0.6 is 12.4 Å². The zero-order valence-electron chi connectivity index (χ0n) is 17.6. The van der Waals surface area contributed by atoms with Gasteiger partial charge in [-0.15, -0.1) is 12.4 Å². The Morgan fingerprint density at radius 3 is 1.51 bits per heavy atom. The number of hydrogen-bond donors (Lipinski definition) is 6. The van der Waals surface area contributed by atoms with Gasteiger partial charge in [0.1, 0.15) is 0 Å². The number of hydrogen-bond acceptors (Lipinski definition) is 6. The average Bonchev–Trinajstić information content (AvgIpc) is 2.81. The molecule has 0 bridgehead atoms. The van der Waals surface area contributed by atoms with Crippen LogP contribution in [0.15, 0.2) is 48.5 Å². The lowest BCUT2D eigenvalue weighted by molar-refractivity contribution is 0.0635. The molecule has 178 valence electrons. The number of halogens is 1. The van der Waals surface area contributed by atoms with Crippen molar-refractivity contribution < 1.29 is 39.6 Å². The van der Waals surface area contributed by atoms with Gasteiger partial charge in [0.25, 0.3) is 0 Å². The lowest BCUT2D eigenvalue weighted by atomic mass is 9.81. The Labute approximate surface area is 201 Å². The van der Waals surface area contributed by atoms with E-state index in [1.54, 1.807) is 24.3 Å². The molecule has 0 aliphatic heterocycles. The van der Waals surface area contributed by atoms with Gasteiger partial charge in [0.15, 0.2) is 0 Å². The lowest BCUT2D eigenvalue weighted by Crippen LogP contribution is -2.18. The molecule has 0 aromatic heterocycles. The summed E-state index contributed by atoms with van der Waals surface area (Å²) in [6, 6.07) is 13.2. The normalized spacial score (nSPS) is 10.7. The summed E-state index contributed by atoms with van der Waals surface area (Å²) in [6.45, 7) is 0. The number of nitrogens with two attached hydrogens (primary N) is 2. The third kappa shape index (κ3) is 3.44. The molecular weight excluding hydrogens is 480 g/mol. The van der Waals surface area contributed by atoms with Gasteiger partial charge in [-0.2, -0.15) is 0 Å². The summed E-state index contributed by atoms with van der Waals surface area (Å²) < 4.78 is 0. The summed E-state index contributed by atoms with van der Waals surface area (Å²) in [5.74, 6) is 1.42. The Hall–Kier alpha value is -4.51. The van der Waals surface area contributed by atoms with Crippen LogP contribution in [0.4, 0.5) is 0 Å². The highest BCUT2D eigenvalue weighted by atomic mass is 35.5. The molecule has 0 radical (unpaired) electrons. The van der Waals surface area contributed by atoms with Crippen molar-refractivity contribution in [2.45, 2.75) is 0 Å². The highest BCUT2D eigenvalue weighted by Crippen LogP contribution is 2.45. The molecule has 11 heteroatoms. The van der Waals surface area contributed by atoms with Crippen LogP contribution in [0.1, 0.15) is 41.4 Å². The van der Waals surface area contributed by atoms with Crippen molar-refractivity contribution in [2.75, 3.05) is 0 Å². The van der Waals surface area contributed by atoms with Gasteiger partial charge in [0, 0.05) is 16.2 Å². The van der Waals surface area contributed by atoms with Crippen molar-refractivity contribution in [3.63, 3.8) is 0 Å². The van der Waals surface area contributed by atoms with Crippen molar-refractivity contribution in [2.24, 2.45) is 11.7 Å². The van der Waals surface area contributed by atoms with Crippen LogP contribution in [0, 0.1) is 0 Å². The molecule has 10 nitrogen and oxygen atoms in total. The number of benzene rings is 5. The monoisotopic (exact) mass is 496 g/mol. The zero-order chi connectivity index (χ0) is 24.9. The van der Waals surface area contributed by atoms with Gasteiger partial charge in [-0.3, -0.25) is 11.7 Å². The predicted octanol–water partition coefficient (Wildman–Crippen LogP) is 3.77. The van der Waals surface area contributed by atoms with Crippen molar-refractivity contribution >= 4 is 79.4 Å². The van der Waals surface area contributed by atoms with Crippen LogP contribution in [0.5, 0.6) is 0 Å². The molecule has 0 amide bonds. The first-order chi connectivity index (χ1) is 16.2. The molecule has 0 fully saturated rings. The first-order valence-corrected chi connectivity index (χ1v) is 9.69. The van der Waals surface area contributed by atoms with Gasteiger partial charge in [-0.25, -0.2) is 19.2 Å². The molecule has 0 heterocycles. The minimum absolute atomic E-state index is 0. The SMILES string of the molecule is Cl.NN.O=C(O)c1c(C(=O)O)c2c(C(=O)O)ccc3c4cccc5cccc(c(c1C(=O)O)c23)c54. The standard InChI is InChI=1S/C24H12O8.ClH.H4N2/c25-21(26)13-8-7-11-10-5-1-3-9-4-2-6-12(14(9)10)16-15(11)17(13)19(23(29)30)20(24(31)32)18(16)22(27)28;;1-2/h1-8H,(H,25,26)(H,27,28)(H,29,30)(H,31,32);1H;1-2H2. The fraction of sp³-hybridized carbons (Fsp3) is 0. The lowest BCUT2D eigenvalue weighted by Gasteiger charge is -2.20. The molecule has 0 unspecified atom stereocenters. The largest absolute Gasteiger partial charge is 0.478 e. The fourth-order valence-corrected chi connectivity index (χ4v) is 4.71. The van der Waals surface area contributed by atoms with Crippen LogP contribution in [0.25, 0.3) is 43.1 Å². The van der Waals surface area contributed by atoms with Crippen molar-refractivity contribution in [3.05, 3.63) is 70.8 Å². The van der Waals surface area contributed by atoms with Crippen LogP contribution in [-0.2, 0) is 0 Å². The molecule has 35 heavy (non-hydrogen) atoms. The van der Waals surface area contributed by atoms with Crippen molar-refractivity contribution in [3.8, 4) is 0 Å². The van der Waals surface area contributed by atoms with Gasteiger partial charge in [0.2, 0.25) is 0 Å². The van der Waals surface area contributed by atoms with Crippen LogP contribution in [-0.4, -0.2) is 44.3 Å². The highest BCUT2D eigenvalue weighted by molar-refractivity contribution is 6.40. The summed E-state index contributed by atoms with van der Waals surface area (Å²) in [5.41, 5.74) is -2.93. The average molecular weight is 497 g/mol. The van der Waals surface area contributed by atoms with Crippen LogP contribution in [0.3, 0.4) is 0 Å². The Morgan fingerprint density at radius 1 is 0.514 bits per heavy atom. The van der Waals surface area contributed by atoms with Gasteiger partial charge >= 0.3 is 23.9 Å². The Bertz CT molecular complexity index is 1690. The number of rotatable bonds is 4. The summed E-state index contributed by atoms with van der Waals surface area (Å²) in [7, 11) is 0. The maximum absolute atomic E-state index is 12.3. The van der Waals surface area contributed by atoms with E-state index in [9.17, 15) is 39.6 Å². The molecule has 0 saturated carbocycles. The summed E-state index contributed by atoms with van der Waals surface area (Å²) >= 11 is 0. The molecule has 8 N–H and O–H groups in total. The third-order valence-corrected chi connectivity index (χ3v) is 5.79. The Balaban J connectivity index is 0.00000111. The van der Waals surface area contributed by atoms with Gasteiger partial charge in [0.05, 0.1) is 22.3 Å². The zero-order valence-corrected chi connectivity index (χ0v) is 18.4. The number of aromatic carboxylic acids is 4. The van der Waals surface area contributed by atoms with Gasteiger partial charge in [-0.05, 0) is 33.0 Å². The molecule has 5 aromatic carbocycles. The molecule has 0 saturated heterocycles. The predicted molar refractivity (Wildman–Crippen MR) is 131 cm³/mol. The van der Waals surface area contributed by atoms with E-state index in [-0.39, 0.29) is 28.6 Å². The van der Waals surface area contributed by atoms with Gasteiger partial charge in [-0.1, -0.05) is 42.5 Å². The number of hydrazine groups is 1. The number of carboxylic acids is 4. The number of carboxylic acid groups (broad SMARTS) is 4. The minimum atomic E-state index is -1.77. The smallest absolute Gasteiger partial charge is 0.337 e. The highest BCUT2D eigenvalue weighted by Gasteiger charge is 2.33. The van der Waals surface area contributed by atoms with E-state index in [0.29, 0.717) is 21.5 Å². The quantitative estimate of drug-likeness (QED) is 0.0919. The van der Waals surface area contributed by atoms with E-state index in [1.807, 2.05) is 12.1 Å². The van der Waals surface area contributed by atoms with E-state index in [0.717, 1.165) is 5.39 Å². The second-order valence-corrected chi connectivity index (χ2v) is 7.34. The summed E-state index contributed by atoms with van der Waals surface area (Å²) in [4.78, 5) is 48.7. The Kier molecular flexibility index (Phi) is 6.48. The van der Waals surface area contributed by atoms with Crippen molar-refractivity contribution in [1.29, 1.82) is 0 Å². The first kappa shape index (κ1) is 25.1. The molecular formula is C24H17ClN2O8. The minimum Gasteiger partial charge on any atom is -0.478 e. The van der Waals surface area contributed by atoms with E-state index in [2.05, 4.69) is 11.7 Å². The molecule has 5 rings (SSSR count). The second-order valence-electron chi connectivity index (χ2n) is 7.34. The second kappa shape index (κ2) is 9.03. The molecule has 0 spiro atoms. The fourth-order valence-electron chi connectivity index (χ4n) is 4.71. The summed E-state index contributed by atoms with van der Waals surface area (Å²) in [5, 5.41) is 42.3. The third-order valence-electron chi connectivity index (χ3n) is 5.79. The van der Waals surface area contributed by atoms with E-state index in [4.69, 9.17) is 0 Å². The van der Waals surface area contributed by atoms with Crippen molar-refractivity contribution in [1.82, 2.24) is 0 Å². The van der Waals surface area contributed by atoms with E-state index < -0.39 is 46.1 Å². The Morgan fingerprint density at radius 2 is 1.00 bits per heavy atom. The maximum atomic E-state index is 12.3. The molecule has 0 aliphatic carbocycles. The number of carbonyl (C=O) groups is 4. The van der Waals surface area contributed by atoms with Crippen LogP contribution < -0.4 is 11.7 Å². The maximum Gasteiger partial charge on any atom is 0.337 e. The van der Waals surface area contributed by atoms with Gasteiger partial charge < -0.3 is 20.4 Å².